The van der Waals surface area contributed by atoms with Crippen molar-refractivity contribution in [1.82, 2.24) is 16.0 Å². The van der Waals surface area contributed by atoms with E-state index in [-0.39, 0.29) is 18.6 Å². The molecule has 35 heavy (non-hydrogen) atoms. The molecule has 0 fully saturated rings. The SMILES string of the molecule is CC(O)C(NC(=O)C(N)Cc1ccc(O)cc1)C(=O)NCC(=O)NC(Cc1ccccc1)C(=O)O. The Morgan fingerprint density at radius 2 is 1.49 bits per heavy atom. The van der Waals surface area contributed by atoms with Gasteiger partial charge in [0.25, 0.3) is 0 Å². The average Bonchev–Trinajstić information content (AvgIpc) is 2.82. The van der Waals surface area contributed by atoms with Crippen LogP contribution >= 0.6 is 0 Å². The first-order valence-corrected chi connectivity index (χ1v) is 10.9. The van der Waals surface area contributed by atoms with E-state index in [9.17, 15) is 34.5 Å². The zero-order chi connectivity index (χ0) is 26.0. The van der Waals surface area contributed by atoms with Gasteiger partial charge in [-0.25, -0.2) is 4.79 Å². The standard InChI is InChI=1S/C24H30N4O7/c1-14(29)21(28-22(32)18(25)11-16-7-9-17(30)10-8-16)23(33)26-13-20(31)27-19(24(34)35)12-15-5-3-2-4-6-15/h2-10,14,18-19,21,29-30H,11-13,25H2,1H3,(H,26,33)(H,27,31)(H,28,32)(H,34,35). The number of rotatable bonds is 12. The van der Waals surface area contributed by atoms with Gasteiger partial charge in [-0.15, -0.1) is 0 Å². The van der Waals surface area contributed by atoms with Gasteiger partial charge in [-0.05, 0) is 36.6 Å². The summed E-state index contributed by atoms with van der Waals surface area (Å²) in [5.74, 6) is -3.45. The summed E-state index contributed by atoms with van der Waals surface area (Å²) in [5, 5.41) is 35.7. The highest BCUT2D eigenvalue weighted by Gasteiger charge is 2.28. The summed E-state index contributed by atoms with van der Waals surface area (Å²) in [6.45, 7) is 0.729. The number of amides is 3. The minimum absolute atomic E-state index is 0.0567. The van der Waals surface area contributed by atoms with Crippen molar-refractivity contribution >= 4 is 23.7 Å². The Kier molecular flexibility index (Phi) is 10.2. The number of aliphatic carboxylic acids is 1. The van der Waals surface area contributed by atoms with Crippen LogP contribution in [-0.4, -0.2) is 69.8 Å². The average molecular weight is 487 g/mol. The molecule has 2 aromatic carbocycles. The lowest BCUT2D eigenvalue weighted by molar-refractivity contribution is -0.141. The molecule has 0 aliphatic heterocycles. The third kappa shape index (κ3) is 9.07. The lowest BCUT2D eigenvalue weighted by atomic mass is 10.0. The Morgan fingerprint density at radius 1 is 0.886 bits per heavy atom. The second kappa shape index (κ2) is 13.1. The highest BCUT2D eigenvalue weighted by atomic mass is 16.4. The largest absolute Gasteiger partial charge is 0.508 e. The Bertz CT molecular complexity index is 1010. The topological polar surface area (TPSA) is 191 Å². The van der Waals surface area contributed by atoms with E-state index < -0.39 is 54.5 Å². The molecule has 2 rings (SSSR count). The maximum absolute atomic E-state index is 12.5. The summed E-state index contributed by atoms with van der Waals surface area (Å²) < 4.78 is 0. The second-order valence-electron chi connectivity index (χ2n) is 8.07. The summed E-state index contributed by atoms with van der Waals surface area (Å²) in [6, 6.07) is 11.2. The number of hydrogen-bond acceptors (Lipinski definition) is 7. The van der Waals surface area contributed by atoms with Crippen LogP contribution in [0.25, 0.3) is 0 Å². The van der Waals surface area contributed by atoms with Crippen molar-refractivity contribution in [1.29, 1.82) is 0 Å². The molecule has 0 heterocycles. The molecule has 0 saturated carbocycles. The van der Waals surface area contributed by atoms with Crippen LogP contribution in [0.3, 0.4) is 0 Å². The molecular formula is C24H30N4O7. The smallest absolute Gasteiger partial charge is 0.326 e. The Morgan fingerprint density at radius 3 is 2.06 bits per heavy atom. The van der Waals surface area contributed by atoms with E-state index >= 15 is 0 Å². The summed E-state index contributed by atoms with van der Waals surface area (Å²) in [4.78, 5) is 48.7. The minimum Gasteiger partial charge on any atom is -0.508 e. The molecule has 2 aromatic rings. The van der Waals surface area contributed by atoms with E-state index in [0.29, 0.717) is 11.1 Å². The van der Waals surface area contributed by atoms with Gasteiger partial charge in [-0.2, -0.15) is 0 Å². The number of phenols is 1. The van der Waals surface area contributed by atoms with Crippen molar-refractivity contribution in [3.8, 4) is 5.75 Å². The van der Waals surface area contributed by atoms with E-state index in [4.69, 9.17) is 5.73 Å². The maximum atomic E-state index is 12.5. The van der Waals surface area contributed by atoms with E-state index in [1.165, 1.54) is 19.1 Å². The fourth-order valence-electron chi connectivity index (χ4n) is 3.22. The monoisotopic (exact) mass is 486 g/mol. The molecule has 0 bridgehead atoms. The summed E-state index contributed by atoms with van der Waals surface area (Å²) >= 11 is 0. The maximum Gasteiger partial charge on any atom is 0.326 e. The van der Waals surface area contributed by atoms with Gasteiger partial charge >= 0.3 is 5.97 Å². The molecule has 0 radical (unpaired) electrons. The number of aliphatic hydroxyl groups is 1. The van der Waals surface area contributed by atoms with E-state index in [1.54, 1.807) is 42.5 Å². The Balaban J connectivity index is 1.89. The van der Waals surface area contributed by atoms with Gasteiger partial charge in [0.2, 0.25) is 17.7 Å². The molecule has 11 nitrogen and oxygen atoms in total. The van der Waals surface area contributed by atoms with Crippen LogP contribution in [0.5, 0.6) is 5.75 Å². The summed E-state index contributed by atoms with van der Waals surface area (Å²) in [6.07, 6.45) is -1.12. The van der Waals surface area contributed by atoms with E-state index in [1.807, 2.05) is 0 Å². The number of carboxylic acid groups (broad SMARTS) is 1. The van der Waals surface area contributed by atoms with Gasteiger partial charge in [0.05, 0.1) is 18.7 Å². The molecule has 0 saturated heterocycles. The second-order valence-corrected chi connectivity index (χ2v) is 8.07. The number of carboxylic acids is 1. The van der Waals surface area contributed by atoms with Gasteiger partial charge < -0.3 is 37.0 Å². The van der Waals surface area contributed by atoms with Crippen LogP contribution in [0, 0.1) is 0 Å². The highest BCUT2D eigenvalue weighted by Crippen LogP contribution is 2.11. The number of hydrogen-bond donors (Lipinski definition) is 7. The van der Waals surface area contributed by atoms with Gasteiger partial charge in [0.1, 0.15) is 17.8 Å². The van der Waals surface area contributed by atoms with Crippen LogP contribution in [0.2, 0.25) is 0 Å². The van der Waals surface area contributed by atoms with Gasteiger partial charge in [-0.1, -0.05) is 42.5 Å². The highest BCUT2D eigenvalue weighted by molar-refractivity contribution is 5.93. The molecule has 188 valence electrons. The predicted octanol–water partition coefficient (Wildman–Crippen LogP) is -0.944. The third-order valence-corrected chi connectivity index (χ3v) is 5.13. The van der Waals surface area contributed by atoms with Gasteiger partial charge in [0, 0.05) is 6.42 Å². The number of carbonyl (C=O) groups excluding carboxylic acids is 3. The van der Waals surface area contributed by atoms with E-state index in [0.717, 1.165) is 0 Å². The van der Waals surface area contributed by atoms with Crippen molar-refractivity contribution in [3.63, 3.8) is 0 Å². The molecule has 0 aliphatic rings. The van der Waals surface area contributed by atoms with Crippen LogP contribution < -0.4 is 21.7 Å². The number of phenolic OH excluding ortho intramolecular Hbond substituents is 1. The lowest BCUT2D eigenvalue weighted by Gasteiger charge is -2.23. The normalized spacial score (nSPS) is 14.1. The molecule has 8 N–H and O–H groups in total. The minimum atomic E-state index is -1.39. The number of nitrogens with one attached hydrogen (secondary N) is 3. The zero-order valence-electron chi connectivity index (χ0n) is 19.2. The predicted molar refractivity (Wildman–Crippen MR) is 126 cm³/mol. The fraction of sp³-hybridized carbons (Fsp3) is 0.333. The van der Waals surface area contributed by atoms with Crippen molar-refractivity contribution in [2.75, 3.05) is 6.54 Å². The van der Waals surface area contributed by atoms with Gasteiger partial charge in [-0.3, -0.25) is 14.4 Å². The van der Waals surface area contributed by atoms with E-state index in [2.05, 4.69) is 16.0 Å². The first kappa shape index (κ1) is 27.3. The molecule has 0 aromatic heterocycles. The van der Waals surface area contributed by atoms with Crippen LogP contribution in [-0.2, 0) is 32.0 Å². The molecule has 11 heteroatoms. The molecule has 3 amide bonds. The summed E-state index contributed by atoms with van der Waals surface area (Å²) in [7, 11) is 0. The number of aliphatic hydroxyl groups excluding tert-OH is 1. The molecule has 0 aliphatic carbocycles. The van der Waals surface area contributed by atoms with Crippen molar-refractivity contribution < 1.29 is 34.5 Å². The first-order chi connectivity index (χ1) is 16.6. The van der Waals surface area contributed by atoms with Crippen molar-refractivity contribution in [2.45, 2.75) is 44.0 Å². The number of carbonyl (C=O) groups is 4. The third-order valence-electron chi connectivity index (χ3n) is 5.13. The lowest BCUT2D eigenvalue weighted by Crippen LogP contribution is -2.57. The van der Waals surface area contributed by atoms with Gasteiger partial charge in [0.15, 0.2) is 0 Å². The quantitative estimate of drug-likeness (QED) is 0.200. The van der Waals surface area contributed by atoms with Crippen LogP contribution in [0.1, 0.15) is 18.1 Å². The zero-order valence-corrected chi connectivity index (χ0v) is 19.2. The number of benzene rings is 2. The van der Waals surface area contributed by atoms with Crippen molar-refractivity contribution in [2.24, 2.45) is 5.73 Å². The first-order valence-electron chi connectivity index (χ1n) is 10.9. The fourth-order valence-corrected chi connectivity index (χ4v) is 3.22. The van der Waals surface area contributed by atoms with Crippen LogP contribution in [0.4, 0.5) is 0 Å². The number of aromatic hydroxyl groups is 1. The molecule has 4 atom stereocenters. The molecule has 4 unspecified atom stereocenters. The summed E-state index contributed by atoms with van der Waals surface area (Å²) in [5.41, 5.74) is 7.29. The van der Waals surface area contributed by atoms with Crippen molar-refractivity contribution in [3.05, 3.63) is 65.7 Å². The number of nitrogens with two attached hydrogens (primary N) is 1. The van der Waals surface area contributed by atoms with Crippen LogP contribution in [0.15, 0.2) is 54.6 Å². The molecule has 0 spiro atoms. The Hall–Kier alpha value is -3.96. The molecular weight excluding hydrogens is 456 g/mol. The Labute approximate surface area is 202 Å².